The molecule has 1 N–H and O–H groups in total. The van der Waals surface area contributed by atoms with Gasteiger partial charge in [0.1, 0.15) is 0 Å². The fourth-order valence-corrected chi connectivity index (χ4v) is 1.71. The van der Waals surface area contributed by atoms with Crippen molar-refractivity contribution >= 4 is 29.2 Å². The summed E-state index contributed by atoms with van der Waals surface area (Å²) in [5.41, 5.74) is 5.44. The Kier molecular flexibility index (Phi) is 4.32. The topological polar surface area (TPSA) is 67.5 Å². The number of nitro groups is 1. The van der Waals surface area contributed by atoms with E-state index in [4.69, 9.17) is 11.6 Å². The molecule has 5 nitrogen and oxygen atoms in total. The van der Waals surface area contributed by atoms with Gasteiger partial charge in [-0.05, 0) is 42.3 Å². The Bertz CT molecular complexity index is 654. The number of halogens is 1. The first-order valence-electron chi connectivity index (χ1n) is 5.86. The van der Waals surface area contributed by atoms with Crippen molar-refractivity contribution in [1.82, 2.24) is 0 Å². The van der Waals surface area contributed by atoms with Crippen LogP contribution < -0.4 is 5.43 Å². The number of non-ortho nitro benzene ring substituents is 1. The molecule has 0 spiro atoms. The lowest BCUT2D eigenvalue weighted by molar-refractivity contribution is -0.384. The van der Waals surface area contributed by atoms with Gasteiger partial charge in [0.15, 0.2) is 0 Å². The molecule has 0 saturated carbocycles. The van der Waals surface area contributed by atoms with Crippen LogP contribution in [0.15, 0.2) is 47.6 Å². The third-order valence-electron chi connectivity index (χ3n) is 2.68. The Labute approximate surface area is 121 Å². The van der Waals surface area contributed by atoms with Crippen LogP contribution in [0.4, 0.5) is 11.4 Å². The number of nitrogens with one attached hydrogen (secondary N) is 1. The van der Waals surface area contributed by atoms with Crippen LogP contribution in [0.5, 0.6) is 0 Å². The minimum Gasteiger partial charge on any atom is -0.278 e. The maximum absolute atomic E-state index is 10.5. The number of hydrazone groups is 1. The van der Waals surface area contributed by atoms with Crippen LogP contribution >= 0.6 is 11.6 Å². The zero-order valence-electron chi connectivity index (χ0n) is 10.7. The van der Waals surface area contributed by atoms with Crippen molar-refractivity contribution in [3.05, 3.63) is 68.7 Å². The molecule has 0 amide bonds. The van der Waals surface area contributed by atoms with Gasteiger partial charge in [-0.25, -0.2) is 0 Å². The second-order valence-electron chi connectivity index (χ2n) is 4.18. The number of hydrogen-bond acceptors (Lipinski definition) is 4. The maximum atomic E-state index is 10.5. The predicted octanol–water partition coefficient (Wildman–Crippen LogP) is 4.00. The molecular formula is C14H12ClN3O2. The lowest BCUT2D eigenvalue weighted by Gasteiger charge is -2.02. The van der Waals surface area contributed by atoms with Crippen LogP contribution in [-0.4, -0.2) is 11.1 Å². The Balaban J connectivity index is 2.02. The molecule has 0 radical (unpaired) electrons. The summed E-state index contributed by atoms with van der Waals surface area (Å²) >= 11 is 6.00. The number of hydrogen-bond donors (Lipinski definition) is 1. The number of anilines is 1. The Hall–Kier alpha value is -2.40. The Morgan fingerprint density at radius 3 is 2.55 bits per heavy atom. The average Bonchev–Trinajstić information content (AvgIpc) is 2.43. The molecule has 2 aromatic rings. The Morgan fingerprint density at radius 1 is 1.25 bits per heavy atom. The van der Waals surface area contributed by atoms with E-state index >= 15 is 0 Å². The SMILES string of the molecule is Cc1ccc(N/N=C\c2ccc([N+](=O)[O-])cc2)cc1Cl. The highest BCUT2D eigenvalue weighted by atomic mass is 35.5. The van der Waals surface area contributed by atoms with Gasteiger partial charge >= 0.3 is 0 Å². The molecule has 0 unspecified atom stereocenters. The summed E-state index contributed by atoms with van der Waals surface area (Å²) in [6.07, 6.45) is 1.58. The zero-order valence-corrected chi connectivity index (χ0v) is 11.5. The molecule has 0 aromatic heterocycles. The van der Waals surface area contributed by atoms with E-state index in [1.807, 2.05) is 19.1 Å². The second kappa shape index (κ2) is 6.16. The highest BCUT2D eigenvalue weighted by Crippen LogP contribution is 2.19. The van der Waals surface area contributed by atoms with Crippen LogP contribution in [0.3, 0.4) is 0 Å². The second-order valence-corrected chi connectivity index (χ2v) is 4.59. The molecule has 0 aliphatic carbocycles. The van der Waals surface area contributed by atoms with Crippen molar-refractivity contribution in [1.29, 1.82) is 0 Å². The van der Waals surface area contributed by atoms with E-state index < -0.39 is 4.92 Å². The molecule has 6 heteroatoms. The summed E-state index contributed by atoms with van der Waals surface area (Å²) in [6, 6.07) is 11.7. The molecule has 102 valence electrons. The standard InChI is InChI=1S/C14H12ClN3O2/c1-10-2-5-12(8-14(10)15)17-16-9-11-3-6-13(7-4-11)18(19)20/h2-9,17H,1H3/b16-9-. The van der Waals surface area contributed by atoms with Crippen molar-refractivity contribution in [3.8, 4) is 0 Å². The van der Waals surface area contributed by atoms with Crippen LogP contribution in [0.1, 0.15) is 11.1 Å². The molecule has 0 bridgehead atoms. The number of nitrogens with zero attached hydrogens (tertiary/aromatic N) is 2. The molecule has 0 heterocycles. The van der Waals surface area contributed by atoms with Gasteiger partial charge in [0, 0.05) is 17.2 Å². The zero-order chi connectivity index (χ0) is 14.5. The molecular weight excluding hydrogens is 278 g/mol. The van der Waals surface area contributed by atoms with E-state index in [9.17, 15) is 10.1 Å². The maximum Gasteiger partial charge on any atom is 0.269 e. The summed E-state index contributed by atoms with van der Waals surface area (Å²) in [5, 5.41) is 15.2. The minimum absolute atomic E-state index is 0.0559. The minimum atomic E-state index is -0.437. The number of aryl methyl sites for hydroxylation is 1. The average molecular weight is 290 g/mol. The van der Waals surface area contributed by atoms with Crippen molar-refractivity contribution < 1.29 is 4.92 Å². The monoisotopic (exact) mass is 289 g/mol. The summed E-state index contributed by atoms with van der Waals surface area (Å²) < 4.78 is 0. The molecule has 20 heavy (non-hydrogen) atoms. The molecule has 0 aliphatic heterocycles. The van der Waals surface area contributed by atoms with Gasteiger partial charge in [0.25, 0.3) is 5.69 Å². The lowest BCUT2D eigenvalue weighted by Crippen LogP contribution is -1.92. The number of rotatable bonds is 4. The summed E-state index contributed by atoms with van der Waals surface area (Å²) in [4.78, 5) is 10.1. The largest absolute Gasteiger partial charge is 0.278 e. The van der Waals surface area contributed by atoms with Crippen molar-refractivity contribution in [3.63, 3.8) is 0 Å². The van der Waals surface area contributed by atoms with Gasteiger partial charge in [-0.3, -0.25) is 15.5 Å². The molecule has 2 aromatic carbocycles. The van der Waals surface area contributed by atoms with Crippen LogP contribution in [0.25, 0.3) is 0 Å². The van der Waals surface area contributed by atoms with Gasteiger partial charge in [0.05, 0.1) is 16.8 Å². The van der Waals surface area contributed by atoms with E-state index in [1.54, 1.807) is 24.4 Å². The molecule has 0 atom stereocenters. The van der Waals surface area contributed by atoms with E-state index in [1.165, 1.54) is 12.1 Å². The Morgan fingerprint density at radius 2 is 1.95 bits per heavy atom. The highest BCUT2D eigenvalue weighted by Gasteiger charge is 2.02. The van der Waals surface area contributed by atoms with E-state index in [-0.39, 0.29) is 5.69 Å². The quantitative estimate of drug-likeness (QED) is 0.525. The first-order chi connectivity index (χ1) is 9.56. The van der Waals surface area contributed by atoms with Crippen molar-refractivity contribution in [2.45, 2.75) is 6.92 Å². The van der Waals surface area contributed by atoms with Gasteiger partial charge in [0.2, 0.25) is 0 Å². The highest BCUT2D eigenvalue weighted by molar-refractivity contribution is 6.31. The smallest absolute Gasteiger partial charge is 0.269 e. The van der Waals surface area contributed by atoms with Crippen LogP contribution in [0, 0.1) is 17.0 Å². The lowest BCUT2D eigenvalue weighted by atomic mass is 10.2. The first kappa shape index (κ1) is 14.0. The summed E-state index contributed by atoms with van der Waals surface area (Å²) in [6.45, 7) is 1.92. The van der Waals surface area contributed by atoms with Crippen molar-refractivity contribution in [2.75, 3.05) is 5.43 Å². The normalized spacial score (nSPS) is 10.7. The fourth-order valence-electron chi connectivity index (χ4n) is 1.53. The van der Waals surface area contributed by atoms with Gasteiger partial charge in [-0.2, -0.15) is 5.10 Å². The van der Waals surface area contributed by atoms with Gasteiger partial charge in [-0.15, -0.1) is 0 Å². The third kappa shape index (κ3) is 3.55. The van der Waals surface area contributed by atoms with Crippen LogP contribution in [0.2, 0.25) is 5.02 Å². The van der Waals surface area contributed by atoms with Gasteiger partial charge in [-0.1, -0.05) is 17.7 Å². The molecule has 0 aliphatic rings. The summed E-state index contributed by atoms with van der Waals surface area (Å²) in [5.74, 6) is 0. The van der Waals surface area contributed by atoms with E-state index in [2.05, 4.69) is 10.5 Å². The predicted molar refractivity (Wildman–Crippen MR) is 80.5 cm³/mol. The first-order valence-corrected chi connectivity index (χ1v) is 6.24. The fraction of sp³-hybridized carbons (Fsp3) is 0.0714. The number of nitro benzene ring substituents is 1. The third-order valence-corrected chi connectivity index (χ3v) is 3.09. The number of benzene rings is 2. The molecule has 2 rings (SSSR count). The molecule has 0 saturated heterocycles. The van der Waals surface area contributed by atoms with E-state index in [0.717, 1.165) is 16.8 Å². The molecule has 0 fully saturated rings. The van der Waals surface area contributed by atoms with Crippen molar-refractivity contribution in [2.24, 2.45) is 5.10 Å². The van der Waals surface area contributed by atoms with Gasteiger partial charge < -0.3 is 0 Å². The van der Waals surface area contributed by atoms with E-state index in [0.29, 0.717) is 5.02 Å². The van der Waals surface area contributed by atoms with Crippen LogP contribution in [-0.2, 0) is 0 Å². The summed E-state index contributed by atoms with van der Waals surface area (Å²) in [7, 11) is 0.